The Labute approximate surface area is 189 Å². The molecule has 2 aromatic rings. The molecule has 31 heavy (non-hydrogen) atoms. The van der Waals surface area contributed by atoms with Crippen LogP contribution in [-0.2, 0) is 0 Å². The van der Waals surface area contributed by atoms with Crippen LogP contribution in [0.25, 0.3) is 5.57 Å². The van der Waals surface area contributed by atoms with Crippen molar-refractivity contribution in [1.82, 2.24) is 4.90 Å². The zero-order valence-corrected chi connectivity index (χ0v) is 18.8. The van der Waals surface area contributed by atoms with Crippen LogP contribution >= 0.6 is 15.9 Å². The third-order valence-corrected chi connectivity index (χ3v) is 6.57. The zero-order chi connectivity index (χ0) is 21.8. The molecule has 166 valence electrons. The quantitative estimate of drug-likeness (QED) is 0.550. The molecule has 0 amide bonds. The molecule has 1 N–H and O–H groups in total. The van der Waals surface area contributed by atoms with Crippen LogP contribution in [0.2, 0.25) is 0 Å². The maximum Gasteiger partial charge on any atom is 0.165 e. The van der Waals surface area contributed by atoms with Crippen LogP contribution in [0, 0.1) is 11.7 Å². The lowest BCUT2D eigenvalue weighted by Crippen LogP contribution is -2.23. The van der Waals surface area contributed by atoms with Gasteiger partial charge in [0.05, 0.1) is 19.9 Å². The lowest BCUT2D eigenvalue weighted by Gasteiger charge is -2.16. The number of hydrogen-bond donors (Lipinski definition) is 1. The summed E-state index contributed by atoms with van der Waals surface area (Å²) in [5, 5.41) is 9.72. The number of hydrogen-bond acceptors (Lipinski definition) is 4. The summed E-state index contributed by atoms with van der Waals surface area (Å²) in [5.74, 6) is 0.596. The molecule has 1 atom stereocenters. The number of rotatable bonds is 7. The van der Waals surface area contributed by atoms with Crippen LogP contribution in [0.15, 0.2) is 40.9 Å². The van der Waals surface area contributed by atoms with E-state index in [1.807, 2.05) is 24.3 Å². The Morgan fingerprint density at radius 2 is 2.03 bits per heavy atom. The maximum absolute atomic E-state index is 14.1. The number of likely N-dealkylation sites (tertiary alicyclic amines) is 1. The Morgan fingerprint density at radius 1 is 1.23 bits per heavy atom. The van der Waals surface area contributed by atoms with E-state index in [0.717, 1.165) is 47.4 Å². The second-order valence-electron chi connectivity index (χ2n) is 8.01. The third kappa shape index (κ3) is 5.21. The molecule has 1 saturated heterocycles. The monoisotopic (exact) mass is 493 g/mol. The van der Waals surface area contributed by atoms with E-state index in [1.165, 1.54) is 12.1 Å². The van der Waals surface area contributed by atoms with Gasteiger partial charge in [0.1, 0.15) is 11.5 Å². The highest BCUT2D eigenvalue weighted by Gasteiger charge is 2.23. The van der Waals surface area contributed by atoms with Crippen molar-refractivity contribution in [2.24, 2.45) is 5.92 Å². The summed E-state index contributed by atoms with van der Waals surface area (Å²) in [5.41, 5.74) is 2.36. The number of ether oxygens (including phenoxy) is 2. The molecule has 0 aromatic heterocycles. The van der Waals surface area contributed by atoms with Crippen molar-refractivity contribution in [3.8, 4) is 17.2 Å². The van der Waals surface area contributed by atoms with Crippen LogP contribution in [0.5, 0.6) is 17.2 Å². The van der Waals surface area contributed by atoms with E-state index in [2.05, 4.69) is 20.8 Å². The smallest absolute Gasteiger partial charge is 0.165 e. The molecule has 2 aliphatic rings. The average Bonchev–Trinajstić information content (AvgIpc) is 3.16. The normalized spacial score (nSPS) is 19.1. The van der Waals surface area contributed by atoms with Crippen molar-refractivity contribution in [3.63, 3.8) is 0 Å². The second-order valence-corrected chi connectivity index (χ2v) is 8.97. The molecule has 2 heterocycles. The van der Waals surface area contributed by atoms with Crippen LogP contribution in [0.1, 0.15) is 30.4 Å². The highest BCUT2D eigenvalue weighted by atomic mass is 79.9. The van der Waals surface area contributed by atoms with E-state index in [0.29, 0.717) is 43.3 Å². The van der Waals surface area contributed by atoms with Crippen molar-refractivity contribution in [3.05, 3.63) is 57.8 Å². The molecule has 1 unspecified atom stereocenters. The molecule has 0 radical (unpaired) electrons. The maximum atomic E-state index is 14.1. The predicted octanol–water partition coefficient (Wildman–Crippen LogP) is 5.53. The Balaban J connectivity index is 1.45. The van der Waals surface area contributed by atoms with Crippen LogP contribution in [-0.4, -0.2) is 49.5 Å². The predicted molar refractivity (Wildman–Crippen MR) is 120 cm³/mol. The van der Waals surface area contributed by atoms with Gasteiger partial charge in [-0.1, -0.05) is 28.1 Å². The summed E-state index contributed by atoms with van der Waals surface area (Å²) in [6.45, 7) is 3.58. The molecule has 1 fully saturated rings. The number of alkyl halides is 1. The number of benzene rings is 2. The number of phenolic OH excluding ortho intramolecular Hbond substituents is 1. The number of halogens is 3. The van der Waals surface area contributed by atoms with Gasteiger partial charge >= 0.3 is 0 Å². The minimum Gasteiger partial charge on any atom is -0.505 e. The zero-order valence-electron chi connectivity index (χ0n) is 17.3. The second kappa shape index (κ2) is 10.0. The van der Waals surface area contributed by atoms with Gasteiger partial charge in [-0.05, 0) is 43.1 Å². The molecule has 4 rings (SSSR count). The number of phenols is 1. The van der Waals surface area contributed by atoms with Crippen LogP contribution in [0.4, 0.5) is 8.78 Å². The SMILES string of the molecule is Oc1cc2c(cc1F)C(c1ccc(OCC3CCN(CCCF)C3)cc1)=C(Br)CCO2. The number of nitrogens with zero attached hydrogens (tertiary/aromatic N) is 1. The lowest BCUT2D eigenvalue weighted by molar-refractivity contribution is 0.237. The standard InChI is InChI=1S/C24H26BrF2NO3/c25-20-7-11-30-23-13-22(29)21(27)12-19(23)24(20)17-2-4-18(5-3-17)31-15-16-6-10-28(14-16)9-1-8-26/h2-5,12-13,16,29H,1,6-11,14-15H2. The molecular weight excluding hydrogens is 468 g/mol. The van der Waals surface area contributed by atoms with Crippen molar-refractivity contribution in [2.45, 2.75) is 19.3 Å². The summed E-state index contributed by atoms with van der Waals surface area (Å²) in [4.78, 5) is 2.29. The summed E-state index contributed by atoms with van der Waals surface area (Å²) >= 11 is 3.63. The van der Waals surface area contributed by atoms with Gasteiger partial charge in [-0.15, -0.1) is 0 Å². The van der Waals surface area contributed by atoms with Crippen LogP contribution < -0.4 is 9.47 Å². The number of aromatic hydroxyl groups is 1. The van der Waals surface area contributed by atoms with E-state index in [-0.39, 0.29) is 6.67 Å². The molecule has 4 nitrogen and oxygen atoms in total. The molecule has 0 spiro atoms. The van der Waals surface area contributed by atoms with Gasteiger partial charge in [-0.3, -0.25) is 4.39 Å². The molecule has 2 aliphatic heterocycles. The van der Waals surface area contributed by atoms with Gasteiger partial charge in [0.2, 0.25) is 0 Å². The van der Waals surface area contributed by atoms with Gasteiger partial charge < -0.3 is 19.5 Å². The van der Waals surface area contributed by atoms with Crippen molar-refractivity contribution >= 4 is 21.5 Å². The highest BCUT2D eigenvalue weighted by Crippen LogP contribution is 2.41. The van der Waals surface area contributed by atoms with Gasteiger partial charge in [-0.25, -0.2) is 4.39 Å². The molecule has 0 saturated carbocycles. The summed E-state index contributed by atoms with van der Waals surface area (Å²) in [6.07, 6.45) is 2.31. The lowest BCUT2D eigenvalue weighted by atomic mass is 9.96. The van der Waals surface area contributed by atoms with E-state index in [9.17, 15) is 13.9 Å². The minimum absolute atomic E-state index is 0.263. The molecule has 7 heteroatoms. The molecule has 2 aromatic carbocycles. The fraction of sp³-hybridized carbons (Fsp3) is 0.417. The first-order valence-electron chi connectivity index (χ1n) is 10.6. The van der Waals surface area contributed by atoms with Gasteiger partial charge in [-0.2, -0.15) is 0 Å². The van der Waals surface area contributed by atoms with E-state index in [4.69, 9.17) is 9.47 Å². The van der Waals surface area contributed by atoms with Gasteiger partial charge in [0.25, 0.3) is 0 Å². The van der Waals surface area contributed by atoms with Crippen molar-refractivity contribution < 1.29 is 23.4 Å². The number of fused-ring (bicyclic) bond motifs is 1. The summed E-state index contributed by atoms with van der Waals surface area (Å²) in [7, 11) is 0. The Bertz CT molecular complexity index is 949. The molecule has 0 aliphatic carbocycles. The van der Waals surface area contributed by atoms with Crippen molar-refractivity contribution in [1.29, 1.82) is 0 Å². The Hall–Kier alpha value is -2.12. The van der Waals surface area contributed by atoms with E-state index in [1.54, 1.807) is 0 Å². The Kier molecular flexibility index (Phi) is 7.13. The van der Waals surface area contributed by atoms with Crippen molar-refractivity contribution in [2.75, 3.05) is 39.5 Å². The fourth-order valence-corrected chi connectivity index (χ4v) is 4.76. The molecule has 0 bridgehead atoms. The first-order valence-corrected chi connectivity index (χ1v) is 11.4. The third-order valence-electron chi connectivity index (χ3n) is 5.78. The van der Waals surface area contributed by atoms with E-state index < -0.39 is 11.6 Å². The van der Waals surface area contributed by atoms with E-state index >= 15 is 0 Å². The first kappa shape index (κ1) is 22.1. The topological polar surface area (TPSA) is 41.9 Å². The largest absolute Gasteiger partial charge is 0.505 e. The molecular formula is C24H26BrF2NO3. The Morgan fingerprint density at radius 3 is 2.81 bits per heavy atom. The summed E-state index contributed by atoms with van der Waals surface area (Å²) < 4.78 is 39.1. The van der Waals surface area contributed by atoms with Crippen LogP contribution in [0.3, 0.4) is 0 Å². The summed E-state index contributed by atoms with van der Waals surface area (Å²) in [6, 6.07) is 10.4. The minimum atomic E-state index is -0.681. The van der Waals surface area contributed by atoms with Gasteiger partial charge in [0, 0.05) is 47.1 Å². The first-order chi connectivity index (χ1) is 15.0. The highest BCUT2D eigenvalue weighted by molar-refractivity contribution is 9.11. The average molecular weight is 494 g/mol. The fourth-order valence-electron chi connectivity index (χ4n) is 4.16. The van der Waals surface area contributed by atoms with Gasteiger partial charge in [0.15, 0.2) is 11.6 Å².